The van der Waals surface area contributed by atoms with Crippen LogP contribution in [0.2, 0.25) is 5.15 Å². The number of carbonyl (C=O) groups excluding carboxylic acids is 1. The highest BCUT2D eigenvalue weighted by Crippen LogP contribution is 2.23. The number of amides is 1. The van der Waals surface area contributed by atoms with Gasteiger partial charge in [-0.25, -0.2) is 4.98 Å². The molecular formula is C14H21ClN2O2. The molecule has 0 saturated heterocycles. The van der Waals surface area contributed by atoms with Gasteiger partial charge in [0.25, 0.3) is 5.91 Å². The monoisotopic (exact) mass is 284 g/mol. The second-order valence-corrected chi connectivity index (χ2v) is 5.96. The fraction of sp³-hybridized carbons (Fsp3) is 0.571. The number of aromatic nitrogens is 1. The number of nitrogens with one attached hydrogen (secondary N) is 1. The van der Waals surface area contributed by atoms with E-state index in [-0.39, 0.29) is 24.0 Å². The Bertz CT molecular complexity index is 451. The van der Waals surface area contributed by atoms with Gasteiger partial charge in [-0.15, -0.1) is 0 Å². The number of nitrogens with zero attached hydrogens (tertiary/aromatic N) is 1. The average molecular weight is 285 g/mol. The standard InChI is InChI=1S/C14H21ClN2O2/c1-5-10(8-18)16-13(19)9-6-11(14(2,3)4)17-12(15)7-9/h6-7,10,18H,5,8H2,1-4H3,(H,16,19). The molecule has 0 bridgehead atoms. The van der Waals surface area contributed by atoms with Gasteiger partial charge in [-0.2, -0.15) is 0 Å². The summed E-state index contributed by atoms with van der Waals surface area (Å²) in [4.78, 5) is 16.3. The van der Waals surface area contributed by atoms with Gasteiger partial charge in [0.2, 0.25) is 0 Å². The number of halogens is 1. The van der Waals surface area contributed by atoms with E-state index in [1.807, 2.05) is 27.7 Å². The Labute approximate surface area is 119 Å². The lowest BCUT2D eigenvalue weighted by atomic mass is 9.91. The van der Waals surface area contributed by atoms with Crippen LogP contribution in [0.15, 0.2) is 12.1 Å². The van der Waals surface area contributed by atoms with Crippen LogP contribution in [0.5, 0.6) is 0 Å². The Morgan fingerprint density at radius 3 is 2.58 bits per heavy atom. The zero-order chi connectivity index (χ0) is 14.6. The van der Waals surface area contributed by atoms with E-state index in [1.165, 1.54) is 6.07 Å². The van der Waals surface area contributed by atoms with Crippen molar-refractivity contribution in [3.63, 3.8) is 0 Å². The van der Waals surface area contributed by atoms with Crippen LogP contribution in [-0.4, -0.2) is 28.6 Å². The first-order valence-electron chi connectivity index (χ1n) is 6.37. The average Bonchev–Trinajstić information content (AvgIpc) is 2.33. The lowest BCUT2D eigenvalue weighted by molar-refractivity contribution is 0.0914. The second-order valence-electron chi connectivity index (χ2n) is 5.57. The molecule has 1 aromatic rings. The minimum atomic E-state index is -0.240. The van der Waals surface area contributed by atoms with Gasteiger partial charge in [0.15, 0.2) is 0 Å². The highest BCUT2D eigenvalue weighted by molar-refractivity contribution is 6.29. The van der Waals surface area contributed by atoms with Gasteiger partial charge in [-0.1, -0.05) is 39.3 Å². The number of rotatable bonds is 4. The summed E-state index contributed by atoms with van der Waals surface area (Å²) < 4.78 is 0. The van der Waals surface area contributed by atoms with E-state index >= 15 is 0 Å². The summed E-state index contributed by atoms with van der Waals surface area (Å²) in [5.74, 6) is -0.240. The third kappa shape index (κ3) is 4.48. The first kappa shape index (κ1) is 15.9. The van der Waals surface area contributed by atoms with Gasteiger partial charge in [0.1, 0.15) is 5.15 Å². The minimum absolute atomic E-state index is 0.0762. The van der Waals surface area contributed by atoms with Crippen LogP contribution in [0.3, 0.4) is 0 Å². The van der Waals surface area contributed by atoms with Crippen LogP contribution >= 0.6 is 11.6 Å². The predicted molar refractivity (Wildman–Crippen MR) is 76.6 cm³/mol. The van der Waals surface area contributed by atoms with Gasteiger partial charge in [-0.05, 0) is 18.6 Å². The lowest BCUT2D eigenvalue weighted by Crippen LogP contribution is -2.37. The molecule has 1 rings (SSSR count). The van der Waals surface area contributed by atoms with E-state index in [4.69, 9.17) is 16.7 Å². The van der Waals surface area contributed by atoms with Crippen molar-refractivity contribution in [3.05, 3.63) is 28.5 Å². The molecular weight excluding hydrogens is 264 g/mol. The van der Waals surface area contributed by atoms with E-state index in [0.29, 0.717) is 17.1 Å². The molecule has 4 nitrogen and oxygen atoms in total. The molecule has 1 atom stereocenters. The second kappa shape index (κ2) is 6.35. The van der Waals surface area contributed by atoms with Crippen LogP contribution in [-0.2, 0) is 5.41 Å². The number of aliphatic hydroxyl groups is 1. The molecule has 0 aliphatic rings. The van der Waals surface area contributed by atoms with Crippen molar-refractivity contribution in [2.75, 3.05) is 6.61 Å². The summed E-state index contributed by atoms with van der Waals surface area (Å²) in [6.45, 7) is 7.86. The van der Waals surface area contributed by atoms with Crippen molar-refractivity contribution in [3.8, 4) is 0 Å². The summed E-state index contributed by atoms with van der Waals surface area (Å²) in [5.41, 5.74) is 1.06. The Balaban J connectivity index is 3.01. The summed E-state index contributed by atoms with van der Waals surface area (Å²) in [5, 5.41) is 12.2. The number of pyridine rings is 1. The van der Waals surface area contributed by atoms with Crippen molar-refractivity contribution >= 4 is 17.5 Å². The molecule has 0 aliphatic carbocycles. The quantitative estimate of drug-likeness (QED) is 0.835. The highest BCUT2D eigenvalue weighted by atomic mass is 35.5. The summed E-state index contributed by atoms with van der Waals surface area (Å²) in [7, 11) is 0. The number of hydrogen-bond acceptors (Lipinski definition) is 3. The van der Waals surface area contributed by atoms with Gasteiger partial charge in [-0.3, -0.25) is 4.79 Å². The van der Waals surface area contributed by atoms with Gasteiger partial charge in [0.05, 0.1) is 12.6 Å². The van der Waals surface area contributed by atoms with Crippen molar-refractivity contribution < 1.29 is 9.90 Å². The Hall–Kier alpha value is -1.13. The van der Waals surface area contributed by atoms with E-state index in [9.17, 15) is 4.79 Å². The first-order valence-corrected chi connectivity index (χ1v) is 6.75. The summed E-state index contributed by atoms with van der Waals surface area (Å²) >= 11 is 5.96. The number of hydrogen-bond donors (Lipinski definition) is 2. The van der Waals surface area contributed by atoms with Gasteiger partial charge < -0.3 is 10.4 Å². The molecule has 0 fully saturated rings. The molecule has 1 unspecified atom stereocenters. The SMILES string of the molecule is CCC(CO)NC(=O)c1cc(Cl)nc(C(C)(C)C)c1. The van der Waals surface area contributed by atoms with E-state index in [0.717, 1.165) is 5.69 Å². The van der Waals surface area contributed by atoms with Gasteiger partial charge in [0, 0.05) is 16.7 Å². The fourth-order valence-electron chi connectivity index (χ4n) is 1.56. The molecule has 19 heavy (non-hydrogen) atoms. The van der Waals surface area contributed by atoms with E-state index < -0.39 is 0 Å². The Morgan fingerprint density at radius 2 is 2.11 bits per heavy atom. The van der Waals surface area contributed by atoms with Crippen LogP contribution in [0.25, 0.3) is 0 Å². The van der Waals surface area contributed by atoms with Crippen molar-refractivity contribution in [1.29, 1.82) is 0 Å². The third-order valence-corrected chi connectivity index (χ3v) is 3.07. The Kier molecular flexibility index (Phi) is 5.32. The first-order chi connectivity index (χ1) is 8.77. The zero-order valence-electron chi connectivity index (χ0n) is 11.8. The molecule has 1 amide bonds. The number of aliphatic hydroxyl groups excluding tert-OH is 1. The maximum absolute atomic E-state index is 12.1. The van der Waals surface area contributed by atoms with Gasteiger partial charge >= 0.3 is 0 Å². The molecule has 1 aromatic heterocycles. The molecule has 106 valence electrons. The van der Waals surface area contributed by atoms with Crippen molar-refractivity contribution in [1.82, 2.24) is 10.3 Å². The predicted octanol–water partition coefficient (Wildman–Crippen LogP) is 2.53. The zero-order valence-corrected chi connectivity index (χ0v) is 12.6. The molecule has 5 heteroatoms. The maximum atomic E-state index is 12.1. The van der Waals surface area contributed by atoms with Crippen molar-refractivity contribution in [2.45, 2.75) is 45.6 Å². The van der Waals surface area contributed by atoms with Crippen molar-refractivity contribution in [2.24, 2.45) is 0 Å². The third-order valence-electron chi connectivity index (χ3n) is 2.87. The molecule has 1 heterocycles. The largest absolute Gasteiger partial charge is 0.394 e. The summed E-state index contributed by atoms with van der Waals surface area (Å²) in [6, 6.07) is 3.04. The van der Waals surface area contributed by atoms with Crippen LogP contribution in [0.1, 0.15) is 50.2 Å². The minimum Gasteiger partial charge on any atom is -0.394 e. The van der Waals surface area contributed by atoms with E-state index in [1.54, 1.807) is 6.07 Å². The molecule has 0 aliphatic heterocycles. The molecule has 2 N–H and O–H groups in total. The van der Waals surface area contributed by atoms with E-state index in [2.05, 4.69) is 10.3 Å². The van der Waals surface area contributed by atoms with Crippen LogP contribution in [0.4, 0.5) is 0 Å². The Morgan fingerprint density at radius 1 is 1.47 bits per heavy atom. The number of carbonyl (C=O) groups is 1. The molecule has 0 radical (unpaired) electrons. The molecule has 0 spiro atoms. The lowest BCUT2D eigenvalue weighted by Gasteiger charge is -2.19. The normalized spacial score (nSPS) is 13.2. The highest BCUT2D eigenvalue weighted by Gasteiger charge is 2.19. The molecule has 0 aromatic carbocycles. The summed E-state index contributed by atoms with van der Waals surface area (Å²) in [6.07, 6.45) is 0.674. The van der Waals surface area contributed by atoms with Crippen LogP contribution in [0, 0.1) is 0 Å². The topological polar surface area (TPSA) is 62.2 Å². The van der Waals surface area contributed by atoms with Crippen LogP contribution < -0.4 is 5.32 Å². The fourth-order valence-corrected chi connectivity index (χ4v) is 1.77. The maximum Gasteiger partial charge on any atom is 0.251 e. The smallest absolute Gasteiger partial charge is 0.251 e. The molecule has 0 saturated carbocycles.